The van der Waals surface area contributed by atoms with Crippen molar-refractivity contribution < 1.29 is 18.0 Å². The van der Waals surface area contributed by atoms with Crippen LogP contribution >= 0.6 is 11.6 Å². The number of rotatable bonds is 14. The lowest BCUT2D eigenvalue weighted by Crippen LogP contribution is -2.53. The minimum Gasteiger partial charge on any atom is -0.354 e. The number of halogens is 1. The fourth-order valence-corrected chi connectivity index (χ4v) is 5.63. The van der Waals surface area contributed by atoms with E-state index in [-0.39, 0.29) is 18.9 Å². The maximum Gasteiger partial charge on any atom is 0.244 e. The predicted octanol–water partition coefficient (Wildman–Crippen LogP) is 5.22. The van der Waals surface area contributed by atoms with E-state index in [0.717, 1.165) is 40.1 Å². The number of carbonyl (C=O) groups is 2. The van der Waals surface area contributed by atoms with Crippen LogP contribution in [-0.2, 0) is 39.0 Å². The lowest BCUT2D eigenvalue weighted by atomic mass is 10.0. The van der Waals surface area contributed by atoms with Crippen LogP contribution in [0.25, 0.3) is 0 Å². The first-order chi connectivity index (χ1) is 19.1. The van der Waals surface area contributed by atoms with Crippen molar-refractivity contribution in [3.63, 3.8) is 0 Å². The molecule has 2 amide bonds. The number of carbonyl (C=O) groups excluding carboxylic acids is 2. The Bertz CT molecular complexity index is 1380. The second kappa shape index (κ2) is 14.9. The zero-order valence-corrected chi connectivity index (χ0v) is 24.9. The predicted molar refractivity (Wildman–Crippen MR) is 162 cm³/mol. The average Bonchev–Trinajstić information content (AvgIpc) is 2.93. The van der Waals surface area contributed by atoms with Crippen LogP contribution in [0.2, 0.25) is 5.02 Å². The van der Waals surface area contributed by atoms with E-state index in [9.17, 15) is 18.0 Å². The van der Waals surface area contributed by atoms with Crippen LogP contribution in [0.4, 0.5) is 5.69 Å². The Kier molecular flexibility index (Phi) is 11.6. The molecule has 3 aromatic rings. The molecule has 0 radical (unpaired) electrons. The molecule has 1 N–H and O–H groups in total. The van der Waals surface area contributed by atoms with Gasteiger partial charge in [0.1, 0.15) is 12.6 Å². The molecule has 7 nitrogen and oxygen atoms in total. The molecule has 3 aromatic carbocycles. The topological polar surface area (TPSA) is 86.8 Å². The first-order valence-corrected chi connectivity index (χ1v) is 15.8. The molecule has 0 bridgehead atoms. The lowest BCUT2D eigenvalue weighted by molar-refractivity contribution is -0.140. The van der Waals surface area contributed by atoms with Crippen LogP contribution in [-0.4, -0.2) is 50.5 Å². The van der Waals surface area contributed by atoms with Crippen LogP contribution in [0.1, 0.15) is 43.4 Å². The second-order valence-electron chi connectivity index (χ2n) is 9.75. The van der Waals surface area contributed by atoms with E-state index in [1.807, 2.05) is 62.4 Å². The number of para-hydroxylation sites is 1. The molecule has 0 fully saturated rings. The molecule has 0 saturated heterocycles. The summed E-state index contributed by atoms with van der Waals surface area (Å²) in [6, 6.07) is 22.9. The summed E-state index contributed by atoms with van der Waals surface area (Å²) in [5, 5.41) is 3.49. The van der Waals surface area contributed by atoms with Gasteiger partial charge in [0.2, 0.25) is 21.8 Å². The molecule has 214 valence electrons. The molecular formula is C31H38ClN3O4S. The van der Waals surface area contributed by atoms with Crippen molar-refractivity contribution >= 4 is 39.1 Å². The SMILES string of the molecule is CCCCNC(=O)C(Cc1ccccc1)N(Cc1cccc(Cl)c1)C(=O)CN(c1ccccc1CC)S(C)(=O)=O. The van der Waals surface area contributed by atoms with Crippen LogP contribution in [0, 0.1) is 0 Å². The molecule has 0 aliphatic heterocycles. The van der Waals surface area contributed by atoms with Crippen molar-refractivity contribution in [1.82, 2.24) is 10.2 Å². The molecule has 40 heavy (non-hydrogen) atoms. The summed E-state index contributed by atoms with van der Waals surface area (Å²) in [5.41, 5.74) is 2.88. The van der Waals surface area contributed by atoms with Gasteiger partial charge in [0.25, 0.3) is 0 Å². The first kappa shape index (κ1) is 31.2. The van der Waals surface area contributed by atoms with Crippen molar-refractivity contribution in [3.05, 3.63) is 101 Å². The number of benzene rings is 3. The number of hydrogen-bond donors (Lipinski definition) is 1. The van der Waals surface area contributed by atoms with Crippen LogP contribution in [0.5, 0.6) is 0 Å². The highest BCUT2D eigenvalue weighted by molar-refractivity contribution is 7.92. The van der Waals surface area contributed by atoms with E-state index in [0.29, 0.717) is 23.7 Å². The monoisotopic (exact) mass is 583 g/mol. The van der Waals surface area contributed by atoms with Crippen LogP contribution < -0.4 is 9.62 Å². The average molecular weight is 584 g/mol. The number of nitrogens with one attached hydrogen (secondary N) is 1. The molecule has 0 aliphatic rings. The van der Waals surface area contributed by atoms with Crippen molar-refractivity contribution in [2.45, 2.75) is 52.1 Å². The quantitative estimate of drug-likeness (QED) is 0.263. The summed E-state index contributed by atoms with van der Waals surface area (Å²) in [7, 11) is -3.82. The number of hydrogen-bond acceptors (Lipinski definition) is 4. The van der Waals surface area contributed by atoms with Gasteiger partial charge in [0.15, 0.2) is 0 Å². The number of amides is 2. The maximum absolute atomic E-state index is 14.1. The largest absolute Gasteiger partial charge is 0.354 e. The van der Waals surface area contributed by atoms with Gasteiger partial charge in [-0.05, 0) is 47.7 Å². The van der Waals surface area contributed by atoms with Crippen molar-refractivity contribution in [1.29, 1.82) is 0 Å². The zero-order valence-electron chi connectivity index (χ0n) is 23.3. The van der Waals surface area contributed by atoms with Gasteiger partial charge in [-0.25, -0.2) is 8.42 Å². The van der Waals surface area contributed by atoms with E-state index >= 15 is 0 Å². The smallest absolute Gasteiger partial charge is 0.244 e. The van der Waals surface area contributed by atoms with Crippen molar-refractivity contribution in [3.8, 4) is 0 Å². The molecule has 0 aliphatic carbocycles. The van der Waals surface area contributed by atoms with E-state index in [4.69, 9.17) is 11.6 Å². The van der Waals surface area contributed by atoms with E-state index < -0.39 is 28.5 Å². The summed E-state index contributed by atoms with van der Waals surface area (Å²) in [5.74, 6) is -0.768. The normalized spacial score (nSPS) is 12.0. The fourth-order valence-electron chi connectivity index (χ4n) is 4.54. The molecule has 9 heteroatoms. The van der Waals surface area contributed by atoms with Gasteiger partial charge in [0.05, 0.1) is 11.9 Å². The summed E-state index contributed by atoms with van der Waals surface area (Å²) < 4.78 is 27.1. The molecular weight excluding hydrogens is 546 g/mol. The van der Waals surface area contributed by atoms with Crippen molar-refractivity contribution in [2.75, 3.05) is 23.7 Å². The first-order valence-electron chi connectivity index (χ1n) is 13.5. The Morgan fingerprint density at radius 2 is 1.60 bits per heavy atom. The van der Waals surface area contributed by atoms with Gasteiger partial charge in [0, 0.05) is 24.5 Å². The Morgan fingerprint density at radius 1 is 0.925 bits per heavy atom. The Hall–Kier alpha value is -3.36. The van der Waals surface area contributed by atoms with Gasteiger partial charge in [-0.2, -0.15) is 0 Å². The second-order valence-corrected chi connectivity index (χ2v) is 12.1. The third-order valence-electron chi connectivity index (χ3n) is 6.66. The fraction of sp³-hybridized carbons (Fsp3) is 0.355. The Balaban J connectivity index is 2.05. The van der Waals surface area contributed by atoms with Gasteiger partial charge < -0.3 is 10.2 Å². The Labute approximate surface area is 243 Å². The summed E-state index contributed by atoms with van der Waals surface area (Å²) in [4.78, 5) is 29.2. The highest BCUT2D eigenvalue weighted by Crippen LogP contribution is 2.25. The number of unbranched alkanes of at least 4 members (excludes halogenated alkanes) is 1. The molecule has 0 saturated carbocycles. The molecule has 0 spiro atoms. The molecule has 0 aromatic heterocycles. The maximum atomic E-state index is 14.1. The van der Waals surface area contributed by atoms with Crippen molar-refractivity contribution in [2.24, 2.45) is 0 Å². The third-order valence-corrected chi connectivity index (χ3v) is 8.02. The summed E-state index contributed by atoms with van der Waals surface area (Å²) in [6.45, 7) is 4.10. The lowest BCUT2D eigenvalue weighted by Gasteiger charge is -2.34. The molecule has 0 heterocycles. The Morgan fingerprint density at radius 3 is 2.25 bits per heavy atom. The number of nitrogens with zero attached hydrogens (tertiary/aromatic N) is 2. The van der Waals surface area contributed by atoms with E-state index in [2.05, 4.69) is 5.32 Å². The number of anilines is 1. The van der Waals surface area contributed by atoms with Gasteiger partial charge in [-0.3, -0.25) is 13.9 Å². The number of aryl methyl sites for hydroxylation is 1. The zero-order chi connectivity index (χ0) is 29.1. The van der Waals surface area contributed by atoms with Crippen LogP contribution in [0.15, 0.2) is 78.9 Å². The van der Waals surface area contributed by atoms with E-state index in [1.54, 1.807) is 30.3 Å². The minimum absolute atomic E-state index is 0.0884. The van der Waals surface area contributed by atoms with Gasteiger partial charge >= 0.3 is 0 Å². The highest BCUT2D eigenvalue weighted by atomic mass is 35.5. The van der Waals surface area contributed by atoms with Crippen LogP contribution in [0.3, 0.4) is 0 Å². The molecule has 1 atom stereocenters. The minimum atomic E-state index is -3.82. The summed E-state index contributed by atoms with van der Waals surface area (Å²) in [6.07, 6.45) is 3.68. The van der Waals surface area contributed by atoms with E-state index in [1.165, 1.54) is 4.90 Å². The number of sulfonamides is 1. The standard InChI is InChI=1S/C31H38ClN3O4S/c1-4-6-19-33-31(37)29(21-24-13-8-7-9-14-24)34(22-25-15-12-17-27(32)20-25)30(36)23-35(40(3,38)39)28-18-11-10-16-26(28)5-2/h7-18,20,29H,4-6,19,21-23H2,1-3H3,(H,33,37). The third kappa shape index (κ3) is 8.83. The summed E-state index contributed by atoms with van der Waals surface area (Å²) >= 11 is 6.25. The molecule has 1 unspecified atom stereocenters. The van der Waals surface area contributed by atoms with Gasteiger partial charge in [-0.15, -0.1) is 0 Å². The van der Waals surface area contributed by atoms with Gasteiger partial charge in [-0.1, -0.05) is 92.5 Å². The molecule has 3 rings (SSSR count). The highest BCUT2D eigenvalue weighted by Gasteiger charge is 2.33.